The predicted molar refractivity (Wildman–Crippen MR) is 108 cm³/mol. The molecular formula is C20H18N4OS. The van der Waals surface area contributed by atoms with E-state index in [1.807, 2.05) is 79.0 Å². The van der Waals surface area contributed by atoms with E-state index in [4.69, 9.17) is 0 Å². The van der Waals surface area contributed by atoms with Crippen LogP contribution < -0.4 is 10.2 Å². The van der Waals surface area contributed by atoms with Gasteiger partial charge in [0, 0.05) is 36.2 Å². The molecule has 2 aromatic heterocycles. The van der Waals surface area contributed by atoms with E-state index in [0.717, 1.165) is 32.8 Å². The van der Waals surface area contributed by atoms with Crippen LogP contribution in [0.25, 0.3) is 21.5 Å². The van der Waals surface area contributed by atoms with Crippen molar-refractivity contribution in [3.8, 4) is 10.6 Å². The summed E-state index contributed by atoms with van der Waals surface area (Å²) in [5.41, 5.74) is 4.36. The zero-order chi connectivity index (χ0) is 18.1. The average molecular weight is 362 g/mol. The van der Waals surface area contributed by atoms with E-state index in [9.17, 15) is 4.79 Å². The Bertz CT molecular complexity index is 1060. The number of hydrogen-bond acceptors (Lipinski definition) is 4. The first-order chi connectivity index (χ1) is 12.6. The third-order valence-electron chi connectivity index (χ3n) is 4.21. The van der Waals surface area contributed by atoms with Gasteiger partial charge in [0.05, 0.1) is 16.0 Å². The predicted octanol–water partition coefficient (Wildman–Crippen LogP) is 4.61. The smallest absolute Gasteiger partial charge is 0.256 e. The number of nitrogens with zero attached hydrogens (tertiary/aromatic N) is 2. The summed E-state index contributed by atoms with van der Waals surface area (Å²) in [5, 5.41) is 13.3. The number of H-pyrrole nitrogens is 1. The van der Waals surface area contributed by atoms with Crippen LogP contribution in [0.2, 0.25) is 0 Å². The highest BCUT2D eigenvalue weighted by atomic mass is 32.1. The summed E-state index contributed by atoms with van der Waals surface area (Å²) >= 11 is 1.52. The van der Waals surface area contributed by atoms with Crippen LogP contribution in [0.5, 0.6) is 0 Å². The number of para-hydroxylation sites is 1. The number of nitrogens with one attached hydrogen (secondary N) is 2. The lowest BCUT2D eigenvalue weighted by atomic mass is 10.1. The van der Waals surface area contributed by atoms with Crippen molar-refractivity contribution in [2.24, 2.45) is 0 Å². The van der Waals surface area contributed by atoms with Crippen LogP contribution in [-0.4, -0.2) is 30.2 Å². The fraction of sp³-hybridized carbons (Fsp3) is 0.100. The Morgan fingerprint density at radius 2 is 1.88 bits per heavy atom. The van der Waals surface area contributed by atoms with Gasteiger partial charge in [-0.2, -0.15) is 5.10 Å². The molecule has 0 unspecified atom stereocenters. The van der Waals surface area contributed by atoms with E-state index < -0.39 is 0 Å². The van der Waals surface area contributed by atoms with Crippen molar-refractivity contribution < 1.29 is 4.79 Å². The third kappa shape index (κ3) is 3.07. The Morgan fingerprint density at radius 3 is 2.65 bits per heavy atom. The first kappa shape index (κ1) is 16.4. The van der Waals surface area contributed by atoms with Gasteiger partial charge in [-0.1, -0.05) is 18.2 Å². The minimum atomic E-state index is -0.120. The van der Waals surface area contributed by atoms with Gasteiger partial charge in [0.25, 0.3) is 5.91 Å². The number of aromatic amines is 1. The molecule has 4 aromatic rings. The molecule has 0 atom stereocenters. The van der Waals surface area contributed by atoms with E-state index in [1.165, 1.54) is 11.3 Å². The second kappa shape index (κ2) is 6.65. The summed E-state index contributed by atoms with van der Waals surface area (Å²) in [6.45, 7) is 0. The van der Waals surface area contributed by atoms with E-state index in [1.54, 1.807) is 0 Å². The quantitative estimate of drug-likeness (QED) is 0.557. The van der Waals surface area contributed by atoms with Crippen molar-refractivity contribution in [3.05, 3.63) is 65.5 Å². The van der Waals surface area contributed by atoms with Gasteiger partial charge in [0.15, 0.2) is 0 Å². The number of amides is 1. The number of rotatable bonds is 4. The molecule has 0 aliphatic carbocycles. The maximum absolute atomic E-state index is 12.5. The molecule has 0 bridgehead atoms. The number of fused-ring (bicyclic) bond motifs is 1. The molecule has 0 radical (unpaired) electrons. The molecule has 4 rings (SSSR count). The Morgan fingerprint density at radius 1 is 1.12 bits per heavy atom. The Labute approximate surface area is 155 Å². The molecule has 0 saturated carbocycles. The lowest BCUT2D eigenvalue weighted by Crippen LogP contribution is -2.11. The second-order valence-corrected chi connectivity index (χ2v) is 7.12. The van der Waals surface area contributed by atoms with Crippen molar-refractivity contribution in [1.82, 2.24) is 10.2 Å². The van der Waals surface area contributed by atoms with Gasteiger partial charge in [0.1, 0.15) is 5.69 Å². The third-order valence-corrected chi connectivity index (χ3v) is 5.14. The Balaban J connectivity index is 1.55. The normalized spacial score (nSPS) is 10.8. The summed E-state index contributed by atoms with van der Waals surface area (Å²) in [7, 11) is 3.97. The monoisotopic (exact) mass is 362 g/mol. The van der Waals surface area contributed by atoms with Gasteiger partial charge < -0.3 is 10.2 Å². The van der Waals surface area contributed by atoms with Gasteiger partial charge in [-0.05, 0) is 36.4 Å². The molecule has 0 spiro atoms. The summed E-state index contributed by atoms with van der Waals surface area (Å²) in [6, 6.07) is 17.6. The molecule has 0 saturated heterocycles. The fourth-order valence-corrected chi connectivity index (χ4v) is 3.67. The van der Waals surface area contributed by atoms with Gasteiger partial charge in [-0.3, -0.25) is 9.89 Å². The number of aromatic nitrogens is 2. The van der Waals surface area contributed by atoms with Crippen molar-refractivity contribution in [3.63, 3.8) is 0 Å². The van der Waals surface area contributed by atoms with Crippen LogP contribution in [-0.2, 0) is 0 Å². The van der Waals surface area contributed by atoms with Crippen molar-refractivity contribution in [1.29, 1.82) is 0 Å². The standard InChI is InChI=1S/C20H18N4OS/c1-24(2)15-9-7-14(8-10-15)21-20(25)13-11-18(26-12-13)19-16-5-3-4-6-17(16)22-23-19/h3-12H,1-2H3,(H,21,25)(H,22,23). The van der Waals surface area contributed by atoms with E-state index in [2.05, 4.69) is 15.5 Å². The topological polar surface area (TPSA) is 61.0 Å². The molecule has 130 valence electrons. The largest absolute Gasteiger partial charge is 0.378 e. The number of benzene rings is 2. The minimum Gasteiger partial charge on any atom is -0.378 e. The van der Waals surface area contributed by atoms with Crippen molar-refractivity contribution in [2.45, 2.75) is 0 Å². The maximum atomic E-state index is 12.5. The first-order valence-corrected chi connectivity index (χ1v) is 9.10. The van der Waals surface area contributed by atoms with Gasteiger partial charge in [-0.25, -0.2) is 0 Å². The summed E-state index contributed by atoms with van der Waals surface area (Å²) in [4.78, 5) is 15.5. The minimum absolute atomic E-state index is 0.120. The highest BCUT2D eigenvalue weighted by Crippen LogP contribution is 2.31. The van der Waals surface area contributed by atoms with Gasteiger partial charge >= 0.3 is 0 Å². The molecule has 1 amide bonds. The number of hydrogen-bond donors (Lipinski definition) is 2. The molecule has 2 N–H and O–H groups in total. The maximum Gasteiger partial charge on any atom is 0.256 e. The van der Waals surface area contributed by atoms with Crippen molar-refractivity contribution >= 4 is 39.5 Å². The highest BCUT2D eigenvalue weighted by molar-refractivity contribution is 7.14. The van der Waals surface area contributed by atoms with E-state index >= 15 is 0 Å². The lowest BCUT2D eigenvalue weighted by Gasteiger charge is -2.12. The molecular weight excluding hydrogens is 344 g/mol. The first-order valence-electron chi connectivity index (χ1n) is 8.22. The Kier molecular flexibility index (Phi) is 4.18. The zero-order valence-corrected chi connectivity index (χ0v) is 15.3. The number of carbonyl (C=O) groups excluding carboxylic acids is 1. The van der Waals surface area contributed by atoms with Crippen molar-refractivity contribution in [2.75, 3.05) is 24.3 Å². The fourth-order valence-electron chi connectivity index (χ4n) is 2.78. The highest BCUT2D eigenvalue weighted by Gasteiger charge is 2.14. The van der Waals surface area contributed by atoms with Crippen LogP contribution in [0, 0.1) is 0 Å². The second-order valence-electron chi connectivity index (χ2n) is 6.21. The molecule has 0 fully saturated rings. The summed E-state index contributed by atoms with van der Waals surface area (Å²) < 4.78 is 0. The SMILES string of the molecule is CN(C)c1ccc(NC(=O)c2csc(-c3n[nH]c4ccccc34)c2)cc1. The molecule has 2 aromatic carbocycles. The Hall–Kier alpha value is -3.12. The van der Waals surface area contributed by atoms with Crippen LogP contribution in [0.1, 0.15) is 10.4 Å². The number of carbonyl (C=O) groups is 1. The van der Waals surface area contributed by atoms with E-state index in [0.29, 0.717) is 5.56 Å². The van der Waals surface area contributed by atoms with Crippen LogP contribution in [0.3, 0.4) is 0 Å². The zero-order valence-electron chi connectivity index (χ0n) is 14.5. The summed E-state index contributed by atoms with van der Waals surface area (Å²) in [5.74, 6) is -0.120. The van der Waals surface area contributed by atoms with Crippen LogP contribution in [0.4, 0.5) is 11.4 Å². The van der Waals surface area contributed by atoms with E-state index in [-0.39, 0.29) is 5.91 Å². The van der Waals surface area contributed by atoms with Gasteiger partial charge in [0.2, 0.25) is 0 Å². The van der Waals surface area contributed by atoms with Crippen LogP contribution >= 0.6 is 11.3 Å². The summed E-state index contributed by atoms with van der Waals surface area (Å²) in [6.07, 6.45) is 0. The van der Waals surface area contributed by atoms with Crippen LogP contribution in [0.15, 0.2) is 60.0 Å². The average Bonchev–Trinajstić information content (AvgIpc) is 3.29. The molecule has 6 heteroatoms. The molecule has 2 heterocycles. The molecule has 26 heavy (non-hydrogen) atoms. The molecule has 0 aliphatic heterocycles. The molecule has 5 nitrogen and oxygen atoms in total. The molecule has 0 aliphatic rings. The lowest BCUT2D eigenvalue weighted by molar-refractivity contribution is 0.102. The number of thiophene rings is 1. The number of anilines is 2. The van der Waals surface area contributed by atoms with Gasteiger partial charge in [-0.15, -0.1) is 11.3 Å².